The Kier molecular flexibility index (Phi) is 10.0. The lowest BCUT2D eigenvalue weighted by molar-refractivity contribution is -0.143. The van der Waals surface area contributed by atoms with Crippen molar-refractivity contribution >= 4 is 39.3 Å². The molecule has 1 N–H and O–H groups in total. The van der Waals surface area contributed by atoms with Crippen LogP contribution in [0.4, 0.5) is 0 Å². The highest BCUT2D eigenvalue weighted by Gasteiger charge is 2.32. The molecule has 0 aromatic heterocycles. The van der Waals surface area contributed by atoms with E-state index in [1.165, 1.54) is 6.42 Å². The molecule has 1 aliphatic rings. The normalized spacial score (nSPS) is 14.5. The maximum atomic E-state index is 13.7. The second-order valence-corrected chi connectivity index (χ2v) is 10.7. The fourth-order valence-electron chi connectivity index (χ4n) is 4.69. The van der Waals surface area contributed by atoms with E-state index in [2.05, 4.69) is 21.2 Å². The number of amides is 2. The first-order valence-corrected chi connectivity index (χ1v) is 13.9. The van der Waals surface area contributed by atoms with Crippen molar-refractivity contribution in [3.8, 4) is 5.75 Å². The van der Waals surface area contributed by atoms with E-state index in [1.807, 2.05) is 66.7 Å². The summed E-state index contributed by atoms with van der Waals surface area (Å²) in [6.07, 6.45) is 5.79. The van der Waals surface area contributed by atoms with E-state index >= 15 is 0 Å². The summed E-state index contributed by atoms with van der Waals surface area (Å²) in [6, 6.07) is 24.3. The number of rotatable bonds is 10. The van der Waals surface area contributed by atoms with Crippen molar-refractivity contribution < 1.29 is 14.3 Å². The quantitative estimate of drug-likeness (QED) is 0.294. The average Bonchev–Trinajstić information content (AvgIpc) is 2.91. The molecule has 0 spiro atoms. The van der Waals surface area contributed by atoms with Crippen molar-refractivity contribution in [3.63, 3.8) is 0 Å². The molecule has 1 atom stereocenters. The summed E-state index contributed by atoms with van der Waals surface area (Å²) >= 11 is 9.69. The largest absolute Gasteiger partial charge is 0.482 e. The second-order valence-electron chi connectivity index (χ2n) is 9.42. The monoisotopic (exact) mass is 582 g/mol. The van der Waals surface area contributed by atoms with Gasteiger partial charge in [0.2, 0.25) is 5.91 Å². The van der Waals surface area contributed by atoms with Gasteiger partial charge >= 0.3 is 0 Å². The molecule has 3 aromatic carbocycles. The summed E-state index contributed by atoms with van der Waals surface area (Å²) in [5.41, 5.74) is 1.94. The predicted octanol–water partition coefficient (Wildman–Crippen LogP) is 6.57. The molecule has 194 valence electrons. The standard InChI is InChI=1S/C30H32BrClN2O3/c31-24-16-17-28(26(32)19-24)37-21-29(35)34(20-23-12-6-2-7-13-23)27(18-22-10-4-1-5-11-22)30(36)33-25-14-8-3-9-15-25/h1-2,4-7,10-13,16-17,19,25,27H,3,8-9,14-15,18,20-21H2,(H,33,36)/t27-/m0/s1. The van der Waals surface area contributed by atoms with Crippen LogP contribution < -0.4 is 10.1 Å². The van der Waals surface area contributed by atoms with Crippen molar-refractivity contribution in [3.05, 3.63) is 99.5 Å². The Labute approximate surface area is 232 Å². The molecule has 0 unspecified atom stereocenters. The molecule has 1 fully saturated rings. The highest BCUT2D eigenvalue weighted by molar-refractivity contribution is 9.10. The van der Waals surface area contributed by atoms with Gasteiger partial charge in [0.15, 0.2) is 6.61 Å². The zero-order valence-corrected chi connectivity index (χ0v) is 23.1. The molecule has 5 nitrogen and oxygen atoms in total. The van der Waals surface area contributed by atoms with Crippen molar-refractivity contribution in [2.45, 2.75) is 57.2 Å². The third-order valence-corrected chi connectivity index (χ3v) is 7.45. The first-order chi connectivity index (χ1) is 18.0. The number of carbonyl (C=O) groups excluding carboxylic acids is 2. The van der Waals surface area contributed by atoms with Gasteiger partial charge in [-0.05, 0) is 42.2 Å². The number of carbonyl (C=O) groups is 2. The smallest absolute Gasteiger partial charge is 0.261 e. The van der Waals surface area contributed by atoms with Crippen LogP contribution in [0.2, 0.25) is 5.02 Å². The van der Waals surface area contributed by atoms with Crippen molar-refractivity contribution in [1.82, 2.24) is 10.2 Å². The maximum absolute atomic E-state index is 13.7. The fourth-order valence-corrected chi connectivity index (χ4v) is 5.42. The van der Waals surface area contributed by atoms with Gasteiger partial charge in [0.1, 0.15) is 11.8 Å². The van der Waals surface area contributed by atoms with E-state index in [4.69, 9.17) is 16.3 Å². The molecule has 0 aliphatic heterocycles. The minimum Gasteiger partial charge on any atom is -0.482 e. The van der Waals surface area contributed by atoms with Gasteiger partial charge in [-0.2, -0.15) is 0 Å². The van der Waals surface area contributed by atoms with Gasteiger partial charge in [0.05, 0.1) is 5.02 Å². The van der Waals surface area contributed by atoms with Crippen molar-refractivity contribution in [2.24, 2.45) is 0 Å². The molecule has 1 saturated carbocycles. The Bertz CT molecular complexity index is 1170. The van der Waals surface area contributed by atoms with Gasteiger partial charge in [-0.25, -0.2) is 0 Å². The van der Waals surface area contributed by atoms with Crippen molar-refractivity contribution in [1.29, 1.82) is 0 Å². The van der Waals surface area contributed by atoms with Gasteiger partial charge in [0, 0.05) is 23.5 Å². The number of nitrogens with one attached hydrogen (secondary N) is 1. The molecule has 4 rings (SSSR count). The summed E-state index contributed by atoms with van der Waals surface area (Å²) < 4.78 is 6.65. The third kappa shape index (κ3) is 8.08. The lowest BCUT2D eigenvalue weighted by Gasteiger charge is -2.33. The lowest BCUT2D eigenvalue weighted by Crippen LogP contribution is -2.53. The van der Waals surface area contributed by atoms with Crippen LogP contribution in [0.15, 0.2) is 83.3 Å². The minimum atomic E-state index is -0.680. The number of halogens is 2. The topological polar surface area (TPSA) is 58.6 Å². The van der Waals surface area contributed by atoms with E-state index in [-0.39, 0.29) is 24.5 Å². The highest BCUT2D eigenvalue weighted by atomic mass is 79.9. The average molecular weight is 584 g/mol. The Balaban J connectivity index is 1.60. The molecule has 2 amide bonds. The van der Waals surface area contributed by atoms with Crippen LogP contribution in [-0.4, -0.2) is 35.4 Å². The van der Waals surface area contributed by atoms with Gasteiger partial charge in [-0.3, -0.25) is 9.59 Å². The minimum absolute atomic E-state index is 0.123. The first-order valence-electron chi connectivity index (χ1n) is 12.7. The number of hydrogen-bond acceptors (Lipinski definition) is 3. The van der Waals surface area contributed by atoms with E-state index in [9.17, 15) is 9.59 Å². The van der Waals surface area contributed by atoms with E-state index in [1.54, 1.807) is 17.0 Å². The van der Waals surface area contributed by atoms with Gasteiger partial charge in [0.25, 0.3) is 5.91 Å². The summed E-state index contributed by atoms with van der Waals surface area (Å²) in [6.45, 7) is 0.0723. The molecule has 37 heavy (non-hydrogen) atoms. The molecular formula is C30H32BrClN2O3. The molecule has 0 heterocycles. The molecule has 3 aromatic rings. The first kappa shape index (κ1) is 27.2. The van der Waals surface area contributed by atoms with Gasteiger partial charge in [-0.1, -0.05) is 107 Å². The Morgan fingerprint density at radius 1 is 0.946 bits per heavy atom. The summed E-state index contributed by atoms with van der Waals surface area (Å²) in [5, 5.41) is 3.66. The summed E-state index contributed by atoms with van der Waals surface area (Å²) in [4.78, 5) is 29.1. The fraction of sp³-hybridized carbons (Fsp3) is 0.333. The van der Waals surface area contributed by atoms with Crippen LogP contribution in [0, 0.1) is 0 Å². The van der Waals surface area contributed by atoms with Crippen LogP contribution in [0.1, 0.15) is 43.2 Å². The molecule has 1 aliphatic carbocycles. The molecule has 0 radical (unpaired) electrons. The zero-order valence-electron chi connectivity index (χ0n) is 20.7. The maximum Gasteiger partial charge on any atom is 0.261 e. The van der Waals surface area contributed by atoms with Crippen LogP contribution >= 0.6 is 27.5 Å². The predicted molar refractivity (Wildman–Crippen MR) is 151 cm³/mol. The van der Waals surface area contributed by atoms with Gasteiger partial charge in [-0.15, -0.1) is 0 Å². The Morgan fingerprint density at radius 2 is 1.59 bits per heavy atom. The molecule has 0 saturated heterocycles. The van der Waals surface area contributed by atoms with Crippen LogP contribution in [0.25, 0.3) is 0 Å². The van der Waals surface area contributed by atoms with E-state index in [0.717, 1.165) is 41.3 Å². The van der Waals surface area contributed by atoms with E-state index in [0.29, 0.717) is 23.7 Å². The zero-order chi connectivity index (χ0) is 26.0. The second kappa shape index (κ2) is 13.6. The Morgan fingerprint density at radius 3 is 2.24 bits per heavy atom. The van der Waals surface area contributed by atoms with Crippen LogP contribution in [-0.2, 0) is 22.6 Å². The SMILES string of the molecule is O=C(NC1CCCCC1)[C@H](Cc1ccccc1)N(Cc1ccccc1)C(=O)COc1ccc(Br)cc1Cl. The summed E-state index contributed by atoms with van der Waals surface area (Å²) in [5.74, 6) is 0.0217. The number of benzene rings is 3. The number of hydrogen-bond donors (Lipinski definition) is 1. The highest BCUT2D eigenvalue weighted by Crippen LogP contribution is 2.28. The Hall–Kier alpha value is -2.83. The number of nitrogens with zero attached hydrogens (tertiary/aromatic N) is 1. The van der Waals surface area contributed by atoms with Gasteiger partial charge < -0.3 is 15.0 Å². The third-order valence-electron chi connectivity index (χ3n) is 6.66. The molecule has 7 heteroatoms. The summed E-state index contributed by atoms with van der Waals surface area (Å²) in [7, 11) is 0. The lowest BCUT2D eigenvalue weighted by atomic mass is 9.94. The van der Waals surface area contributed by atoms with E-state index < -0.39 is 6.04 Å². The molecule has 0 bridgehead atoms. The molecular weight excluding hydrogens is 552 g/mol. The van der Waals surface area contributed by atoms with Crippen LogP contribution in [0.3, 0.4) is 0 Å². The van der Waals surface area contributed by atoms with Crippen molar-refractivity contribution in [2.75, 3.05) is 6.61 Å². The number of ether oxygens (including phenoxy) is 1. The van der Waals surface area contributed by atoms with Crippen LogP contribution in [0.5, 0.6) is 5.75 Å².